The molecule has 0 radical (unpaired) electrons. The molecule has 7 heteroatoms. The molecule has 6 nitrogen and oxygen atoms in total. The predicted molar refractivity (Wildman–Crippen MR) is 132 cm³/mol. The molecule has 0 fully saturated rings. The average molecular weight is 463 g/mol. The summed E-state index contributed by atoms with van der Waals surface area (Å²) in [5.74, 6) is 1.53. The Balaban J connectivity index is 1.61. The molecule has 0 aliphatic heterocycles. The summed E-state index contributed by atoms with van der Waals surface area (Å²) in [7, 11) is 1.69. The number of anilines is 1. The van der Waals surface area contributed by atoms with Gasteiger partial charge in [0.25, 0.3) is 5.89 Å². The first-order valence-electron chi connectivity index (χ1n) is 11.0. The zero-order valence-corrected chi connectivity index (χ0v) is 19.8. The first-order valence-corrected chi connectivity index (χ1v) is 11.4. The number of hydrogen-bond acceptors (Lipinski definition) is 6. The van der Waals surface area contributed by atoms with Gasteiger partial charge in [-0.3, -0.25) is 0 Å². The van der Waals surface area contributed by atoms with E-state index in [0.717, 1.165) is 36.1 Å². The highest BCUT2D eigenvalue weighted by molar-refractivity contribution is 6.33. The van der Waals surface area contributed by atoms with Crippen LogP contribution < -0.4 is 5.32 Å². The van der Waals surface area contributed by atoms with Crippen LogP contribution >= 0.6 is 11.6 Å². The number of nitrogens with zero attached hydrogens (tertiary/aromatic N) is 3. The van der Waals surface area contributed by atoms with E-state index in [0.29, 0.717) is 34.7 Å². The Hall–Kier alpha value is -3.22. The van der Waals surface area contributed by atoms with E-state index in [1.54, 1.807) is 19.4 Å². The number of halogens is 1. The molecular formula is C26H27ClN4O2. The Labute approximate surface area is 199 Å². The van der Waals surface area contributed by atoms with Gasteiger partial charge in [-0.15, -0.1) is 0 Å². The number of methoxy groups -OCH3 is 1. The molecule has 0 amide bonds. The van der Waals surface area contributed by atoms with E-state index in [-0.39, 0.29) is 0 Å². The van der Waals surface area contributed by atoms with Crippen LogP contribution in [0.15, 0.2) is 59.3 Å². The monoisotopic (exact) mass is 462 g/mol. The average Bonchev–Trinajstić information content (AvgIpc) is 3.31. The highest BCUT2D eigenvalue weighted by atomic mass is 35.5. The molecule has 4 aromatic rings. The van der Waals surface area contributed by atoms with Gasteiger partial charge in [-0.25, -0.2) is 4.98 Å². The van der Waals surface area contributed by atoms with E-state index in [9.17, 15) is 0 Å². The summed E-state index contributed by atoms with van der Waals surface area (Å²) in [5, 5.41) is 7.92. The molecule has 0 aliphatic carbocycles. The normalized spacial score (nSPS) is 11.0. The van der Waals surface area contributed by atoms with E-state index < -0.39 is 0 Å². The summed E-state index contributed by atoms with van der Waals surface area (Å²) in [6, 6.07) is 16.2. The summed E-state index contributed by atoms with van der Waals surface area (Å²) < 4.78 is 11.0. The minimum Gasteiger partial charge on any atom is -0.380 e. The zero-order chi connectivity index (χ0) is 23.2. The van der Waals surface area contributed by atoms with Crippen LogP contribution in [0.5, 0.6) is 0 Å². The van der Waals surface area contributed by atoms with Crippen molar-refractivity contribution in [3.05, 3.63) is 70.9 Å². The molecule has 2 aromatic carbocycles. The number of aryl methyl sites for hydroxylation is 1. The number of unbranched alkanes of at least 4 members (excludes halogenated alkanes) is 1. The number of pyridine rings is 1. The summed E-state index contributed by atoms with van der Waals surface area (Å²) in [4.78, 5) is 9.00. The van der Waals surface area contributed by atoms with Crippen molar-refractivity contribution in [1.29, 1.82) is 0 Å². The minimum atomic E-state index is 0.431. The van der Waals surface area contributed by atoms with Crippen LogP contribution in [0.2, 0.25) is 5.02 Å². The van der Waals surface area contributed by atoms with Crippen LogP contribution in [0, 0.1) is 6.92 Å². The second kappa shape index (κ2) is 10.6. The van der Waals surface area contributed by atoms with Gasteiger partial charge in [-0.05, 0) is 53.8 Å². The third-order valence-electron chi connectivity index (χ3n) is 5.44. The second-order valence-corrected chi connectivity index (χ2v) is 8.28. The molecule has 2 aromatic heterocycles. The van der Waals surface area contributed by atoms with Gasteiger partial charge in [0.1, 0.15) is 5.82 Å². The topological polar surface area (TPSA) is 73.1 Å². The van der Waals surface area contributed by atoms with Gasteiger partial charge >= 0.3 is 0 Å². The maximum Gasteiger partial charge on any atom is 0.258 e. The smallest absolute Gasteiger partial charge is 0.258 e. The van der Waals surface area contributed by atoms with E-state index in [1.807, 2.05) is 24.3 Å². The minimum absolute atomic E-state index is 0.431. The summed E-state index contributed by atoms with van der Waals surface area (Å²) in [5.41, 5.74) is 6.09. The Kier molecular flexibility index (Phi) is 7.37. The van der Waals surface area contributed by atoms with Gasteiger partial charge in [0, 0.05) is 31.0 Å². The molecule has 0 aliphatic rings. The lowest BCUT2D eigenvalue weighted by molar-refractivity contribution is 0.185. The zero-order valence-electron chi connectivity index (χ0n) is 19.1. The van der Waals surface area contributed by atoms with Crippen LogP contribution in [0.25, 0.3) is 34.0 Å². The standard InChI is InChI=1S/C26H27ClN4O2/c1-4-5-12-28-25-23(27)14-19(15-29-25)24-30-26(33-31-24)18-10-11-22(20(13-18)16-32-3)21-9-7-6-8-17(21)2/h6-11,13-15H,4-5,12,16H2,1-3H3,(H,28,29). The fraction of sp³-hybridized carbons (Fsp3) is 0.269. The lowest BCUT2D eigenvalue weighted by Gasteiger charge is -2.12. The third-order valence-corrected chi connectivity index (χ3v) is 5.72. The highest BCUT2D eigenvalue weighted by Crippen LogP contribution is 2.32. The van der Waals surface area contributed by atoms with Crippen molar-refractivity contribution in [3.8, 4) is 34.0 Å². The van der Waals surface area contributed by atoms with E-state index in [2.05, 4.69) is 52.5 Å². The van der Waals surface area contributed by atoms with Gasteiger partial charge in [0.15, 0.2) is 0 Å². The molecule has 0 spiro atoms. The molecule has 0 atom stereocenters. The quantitative estimate of drug-likeness (QED) is 0.276. The van der Waals surface area contributed by atoms with E-state index >= 15 is 0 Å². The van der Waals surface area contributed by atoms with Gasteiger partial charge in [0.05, 0.1) is 11.6 Å². The molecule has 1 N–H and O–H groups in total. The SMILES string of the molecule is CCCCNc1ncc(-c2noc(-c3ccc(-c4ccccc4C)c(COC)c3)n2)cc1Cl. The van der Waals surface area contributed by atoms with Gasteiger partial charge in [0.2, 0.25) is 5.82 Å². The van der Waals surface area contributed by atoms with Crippen LogP contribution in [-0.4, -0.2) is 28.8 Å². The number of rotatable bonds is 9. The predicted octanol–water partition coefficient (Wildman–Crippen LogP) is 6.79. The van der Waals surface area contributed by atoms with E-state index in [1.165, 1.54) is 11.1 Å². The fourth-order valence-corrected chi connectivity index (χ4v) is 3.90. The molecule has 170 valence electrons. The van der Waals surface area contributed by atoms with Gasteiger partial charge in [-0.2, -0.15) is 4.98 Å². The second-order valence-electron chi connectivity index (χ2n) is 7.88. The van der Waals surface area contributed by atoms with Crippen LogP contribution in [0.1, 0.15) is 30.9 Å². The Morgan fingerprint density at radius 1 is 1.06 bits per heavy atom. The van der Waals surface area contributed by atoms with Crippen LogP contribution in [0.3, 0.4) is 0 Å². The number of ether oxygens (including phenoxy) is 1. The van der Waals surface area contributed by atoms with Crippen LogP contribution in [-0.2, 0) is 11.3 Å². The molecule has 0 bridgehead atoms. The summed E-state index contributed by atoms with van der Waals surface area (Å²) in [6.45, 7) is 5.55. The van der Waals surface area contributed by atoms with Crippen molar-refractivity contribution < 1.29 is 9.26 Å². The number of benzene rings is 2. The molecule has 0 saturated carbocycles. The Bertz CT molecular complexity index is 1240. The van der Waals surface area contributed by atoms with Crippen molar-refractivity contribution in [2.24, 2.45) is 0 Å². The molecule has 4 rings (SSSR count). The summed E-state index contributed by atoms with van der Waals surface area (Å²) in [6.07, 6.45) is 3.86. The van der Waals surface area contributed by atoms with Gasteiger partial charge in [-0.1, -0.05) is 60.4 Å². The lowest BCUT2D eigenvalue weighted by atomic mass is 9.94. The third kappa shape index (κ3) is 5.24. The van der Waals surface area contributed by atoms with E-state index in [4.69, 9.17) is 20.9 Å². The van der Waals surface area contributed by atoms with Gasteiger partial charge < -0.3 is 14.6 Å². The largest absolute Gasteiger partial charge is 0.380 e. The maximum atomic E-state index is 6.40. The Morgan fingerprint density at radius 2 is 1.91 bits per heavy atom. The number of nitrogens with one attached hydrogen (secondary N) is 1. The summed E-state index contributed by atoms with van der Waals surface area (Å²) >= 11 is 6.40. The van der Waals surface area contributed by atoms with Crippen molar-refractivity contribution in [2.45, 2.75) is 33.3 Å². The molecule has 0 unspecified atom stereocenters. The highest BCUT2D eigenvalue weighted by Gasteiger charge is 2.15. The molecule has 2 heterocycles. The lowest BCUT2D eigenvalue weighted by Crippen LogP contribution is -2.03. The van der Waals surface area contributed by atoms with Crippen molar-refractivity contribution in [1.82, 2.24) is 15.1 Å². The molecule has 33 heavy (non-hydrogen) atoms. The Morgan fingerprint density at radius 3 is 2.67 bits per heavy atom. The van der Waals surface area contributed by atoms with Crippen molar-refractivity contribution >= 4 is 17.4 Å². The number of aromatic nitrogens is 3. The first-order chi connectivity index (χ1) is 16.1. The van der Waals surface area contributed by atoms with Crippen LogP contribution in [0.4, 0.5) is 5.82 Å². The first kappa shape index (κ1) is 23.0. The van der Waals surface area contributed by atoms with Crippen molar-refractivity contribution in [2.75, 3.05) is 19.0 Å². The fourth-order valence-electron chi connectivity index (χ4n) is 3.67. The molecular weight excluding hydrogens is 436 g/mol. The molecule has 0 saturated heterocycles. The number of hydrogen-bond donors (Lipinski definition) is 1. The maximum absolute atomic E-state index is 6.40. The van der Waals surface area contributed by atoms with Crippen molar-refractivity contribution in [3.63, 3.8) is 0 Å².